The standard InChI is InChI=1S/C17H24N4O2/c1-12(2)15-16(21-9-5-4-8-14(21)18-15)19-17(22)20-10-6-7-13(20)11-23-3/h4-5,8-9,12-13H,6-7,10-11H2,1-3H3,(H,19,22). The minimum atomic E-state index is -0.0721. The maximum atomic E-state index is 12.7. The molecule has 1 aliphatic rings. The van der Waals surface area contributed by atoms with Crippen molar-refractivity contribution in [3.63, 3.8) is 0 Å². The summed E-state index contributed by atoms with van der Waals surface area (Å²) < 4.78 is 7.17. The van der Waals surface area contributed by atoms with E-state index in [-0.39, 0.29) is 18.0 Å². The van der Waals surface area contributed by atoms with Crippen LogP contribution in [0.4, 0.5) is 10.6 Å². The Morgan fingerprint density at radius 1 is 1.48 bits per heavy atom. The Morgan fingerprint density at radius 3 is 3.04 bits per heavy atom. The zero-order chi connectivity index (χ0) is 16.4. The summed E-state index contributed by atoms with van der Waals surface area (Å²) >= 11 is 0. The van der Waals surface area contributed by atoms with Crippen molar-refractivity contribution < 1.29 is 9.53 Å². The van der Waals surface area contributed by atoms with Crippen LogP contribution < -0.4 is 5.32 Å². The number of amides is 2. The lowest BCUT2D eigenvalue weighted by molar-refractivity contribution is 0.128. The second-order valence-electron chi connectivity index (χ2n) is 6.30. The molecule has 0 spiro atoms. The number of methoxy groups -OCH3 is 1. The van der Waals surface area contributed by atoms with Gasteiger partial charge in [0, 0.05) is 19.9 Å². The summed E-state index contributed by atoms with van der Waals surface area (Å²) in [4.78, 5) is 19.3. The zero-order valence-electron chi connectivity index (χ0n) is 14.0. The first-order valence-corrected chi connectivity index (χ1v) is 8.15. The molecule has 2 aromatic heterocycles. The molecular weight excluding hydrogens is 292 g/mol. The lowest BCUT2D eigenvalue weighted by Crippen LogP contribution is -2.41. The minimum absolute atomic E-state index is 0.0721. The van der Waals surface area contributed by atoms with E-state index >= 15 is 0 Å². The van der Waals surface area contributed by atoms with Crippen LogP contribution in [0.25, 0.3) is 5.65 Å². The van der Waals surface area contributed by atoms with Crippen molar-refractivity contribution in [2.45, 2.75) is 38.6 Å². The van der Waals surface area contributed by atoms with Gasteiger partial charge in [-0.3, -0.25) is 9.72 Å². The Kier molecular flexibility index (Phi) is 4.52. The molecule has 1 aliphatic heterocycles. The van der Waals surface area contributed by atoms with Gasteiger partial charge >= 0.3 is 6.03 Å². The number of nitrogens with zero attached hydrogens (tertiary/aromatic N) is 3. The number of nitrogens with one attached hydrogen (secondary N) is 1. The van der Waals surface area contributed by atoms with Crippen LogP contribution in [0.5, 0.6) is 0 Å². The van der Waals surface area contributed by atoms with Crippen molar-refractivity contribution in [1.82, 2.24) is 14.3 Å². The fourth-order valence-electron chi connectivity index (χ4n) is 3.18. The Labute approximate surface area is 136 Å². The van der Waals surface area contributed by atoms with E-state index in [1.807, 2.05) is 33.7 Å². The topological polar surface area (TPSA) is 58.9 Å². The molecule has 0 aliphatic carbocycles. The number of anilines is 1. The predicted molar refractivity (Wildman–Crippen MR) is 89.9 cm³/mol. The Morgan fingerprint density at radius 2 is 2.30 bits per heavy atom. The minimum Gasteiger partial charge on any atom is -0.383 e. The highest BCUT2D eigenvalue weighted by molar-refractivity contribution is 5.90. The van der Waals surface area contributed by atoms with Gasteiger partial charge < -0.3 is 9.64 Å². The number of hydrogen-bond donors (Lipinski definition) is 1. The molecule has 2 amide bonds. The highest BCUT2D eigenvalue weighted by atomic mass is 16.5. The van der Waals surface area contributed by atoms with E-state index in [0.717, 1.165) is 36.5 Å². The molecule has 2 aromatic rings. The maximum Gasteiger partial charge on any atom is 0.323 e. The van der Waals surface area contributed by atoms with Gasteiger partial charge in [-0.2, -0.15) is 0 Å². The molecule has 1 fully saturated rings. The number of hydrogen-bond acceptors (Lipinski definition) is 3. The lowest BCUT2D eigenvalue weighted by atomic mass is 10.1. The summed E-state index contributed by atoms with van der Waals surface area (Å²) in [6.07, 6.45) is 3.94. The maximum absolute atomic E-state index is 12.7. The van der Waals surface area contributed by atoms with Gasteiger partial charge in [0.1, 0.15) is 11.5 Å². The van der Waals surface area contributed by atoms with Gasteiger partial charge in [-0.05, 0) is 30.9 Å². The molecule has 0 aromatic carbocycles. The third-order valence-corrected chi connectivity index (χ3v) is 4.33. The average molecular weight is 316 g/mol. The SMILES string of the molecule is COCC1CCCN1C(=O)Nc1c(C(C)C)nc2ccccn12. The molecule has 0 saturated carbocycles. The van der Waals surface area contributed by atoms with Crippen molar-refractivity contribution in [2.75, 3.05) is 25.6 Å². The largest absolute Gasteiger partial charge is 0.383 e. The van der Waals surface area contributed by atoms with Gasteiger partial charge in [0.2, 0.25) is 0 Å². The van der Waals surface area contributed by atoms with E-state index in [0.29, 0.717) is 6.61 Å². The van der Waals surface area contributed by atoms with E-state index in [1.54, 1.807) is 7.11 Å². The van der Waals surface area contributed by atoms with Crippen LogP contribution in [0, 0.1) is 0 Å². The molecule has 3 rings (SSSR count). The van der Waals surface area contributed by atoms with Gasteiger partial charge in [0.25, 0.3) is 0 Å². The van der Waals surface area contributed by atoms with Crippen LogP contribution in [0.1, 0.15) is 38.3 Å². The van der Waals surface area contributed by atoms with E-state index in [4.69, 9.17) is 4.74 Å². The lowest BCUT2D eigenvalue weighted by Gasteiger charge is -2.24. The number of likely N-dealkylation sites (tertiary alicyclic amines) is 1. The van der Waals surface area contributed by atoms with Crippen molar-refractivity contribution in [1.29, 1.82) is 0 Å². The molecule has 23 heavy (non-hydrogen) atoms. The van der Waals surface area contributed by atoms with Crippen LogP contribution in [0.2, 0.25) is 0 Å². The number of urea groups is 1. The van der Waals surface area contributed by atoms with Crippen molar-refractivity contribution in [2.24, 2.45) is 0 Å². The first-order chi connectivity index (χ1) is 11.1. The Balaban J connectivity index is 1.88. The smallest absolute Gasteiger partial charge is 0.323 e. The molecule has 1 N–H and O–H groups in total. The van der Waals surface area contributed by atoms with Gasteiger partial charge in [-0.25, -0.2) is 9.78 Å². The molecule has 3 heterocycles. The summed E-state index contributed by atoms with van der Waals surface area (Å²) in [6, 6.07) is 5.93. The van der Waals surface area contributed by atoms with Crippen LogP contribution in [0.15, 0.2) is 24.4 Å². The summed E-state index contributed by atoms with van der Waals surface area (Å²) in [7, 11) is 1.68. The number of rotatable bonds is 4. The number of pyridine rings is 1. The zero-order valence-corrected chi connectivity index (χ0v) is 14.0. The van der Waals surface area contributed by atoms with Gasteiger partial charge in [-0.1, -0.05) is 19.9 Å². The van der Waals surface area contributed by atoms with Crippen LogP contribution in [-0.2, 0) is 4.74 Å². The van der Waals surface area contributed by atoms with Gasteiger partial charge in [0.05, 0.1) is 18.3 Å². The highest BCUT2D eigenvalue weighted by Crippen LogP contribution is 2.26. The van der Waals surface area contributed by atoms with Crippen molar-refractivity contribution >= 4 is 17.5 Å². The van der Waals surface area contributed by atoms with Gasteiger partial charge in [-0.15, -0.1) is 0 Å². The first kappa shape index (κ1) is 15.8. The van der Waals surface area contributed by atoms with Crippen molar-refractivity contribution in [3.8, 4) is 0 Å². The molecule has 0 bridgehead atoms. The predicted octanol–water partition coefficient (Wildman–Crippen LogP) is 3.10. The molecule has 0 radical (unpaired) electrons. The molecule has 1 atom stereocenters. The second-order valence-corrected chi connectivity index (χ2v) is 6.30. The third kappa shape index (κ3) is 3.03. The second kappa shape index (κ2) is 6.58. The van der Waals surface area contributed by atoms with Crippen LogP contribution in [-0.4, -0.2) is 46.6 Å². The van der Waals surface area contributed by atoms with E-state index in [1.165, 1.54) is 0 Å². The van der Waals surface area contributed by atoms with E-state index in [9.17, 15) is 4.79 Å². The normalized spacial score (nSPS) is 18.1. The summed E-state index contributed by atoms with van der Waals surface area (Å²) in [5, 5.41) is 3.08. The fourth-order valence-corrected chi connectivity index (χ4v) is 3.18. The van der Waals surface area contributed by atoms with Crippen LogP contribution in [0.3, 0.4) is 0 Å². The number of fused-ring (bicyclic) bond motifs is 1. The molecule has 6 heteroatoms. The van der Waals surface area contributed by atoms with E-state index in [2.05, 4.69) is 24.1 Å². The number of carbonyl (C=O) groups is 1. The molecule has 124 valence electrons. The average Bonchev–Trinajstić information content (AvgIpc) is 3.13. The molecule has 1 saturated heterocycles. The van der Waals surface area contributed by atoms with Gasteiger partial charge in [0.15, 0.2) is 0 Å². The Hall–Kier alpha value is -2.08. The molecule has 1 unspecified atom stereocenters. The highest BCUT2D eigenvalue weighted by Gasteiger charge is 2.30. The van der Waals surface area contributed by atoms with Crippen molar-refractivity contribution in [3.05, 3.63) is 30.1 Å². The number of imidazole rings is 1. The number of aromatic nitrogens is 2. The molecule has 6 nitrogen and oxygen atoms in total. The quantitative estimate of drug-likeness (QED) is 0.943. The monoisotopic (exact) mass is 316 g/mol. The third-order valence-electron chi connectivity index (χ3n) is 4.33. The fraction of sp³-hybridized carbons (Fsp3) is 0.529. The summed E-state index contributed by atoms with van der Waals surface area (Å²) in [6.45, 7) is 5.52. The summed E-state index contributed by atoms with van der Waals surface area (Å²) in [5.41, 5.74) is 1.76. The van der Waals surface area contributed by atoms with Crippen LogP contribution >= 0.6 is 0 Å². The molecular formula is C17H24N4O2. The first-order valence-electron chi connectivity index (χ1n) is 8.15. The summed E-state index contributed by atoms with van der Waals surface area (Å²) in [5.74, 6) is 1.00. The van der Waals surface area contributed by atoms with E-state index < -0.39 is 0 Å². The Bertz CT molecular complexity index is 695. The number of carbonyl (C=O) groups excluding carboxylic acids is 1. The number of ether oxygens (including phenoxy) is 1.